The number of ether oxygens (including phenoxy) is 2. The van der Waals surface area contributed by atoms with Gasteiger partial charge in [0.25, 0.3) is 0 Å². The molecular weight excluding hydrogens is 208 g/mol. The molecular formula is C12H20O4. The molecule has 92 valence electrons. The summed E-state index contributed by atoms with van der Waals surface area (Å²) in [7, 11) is 0. The second-order valence-corrected chi connectivity index (χ2v) is 5.41. The third kappa shape index (κ3) is 2.54. The summed E-state index contributed by atoms with van der Waals surface area (Å²) in [6, 6.07) is 0. The first-order valence-electron chi connectivity index (χ1n) is 5.62. The van der Waals surface area contributed by atoms with E-state index >= 15 is 0 Å². The van der Waals surface area contributed by atoms with Crippen LogP contribution < -0.4 is 0 Å². The van der Waals surface area contributed by atoms with Crippen molar-refractivity contribution in [2.24, 2.45) is 5.41 Å². The molecule has 1 aliphatic heterocycles. The minimum atomic E-state index is -0.712. The van der Waals surface area contributed by atoms with Gasteiger partial charge in [0.15, 0.2) is 6.10 Å². The summed E-state index contributed by atoms with van der Waals surface area (Å²) in [5.41, 5.74) is -1.22. The topological polar surface area (TPSA) is 52.6 Å². The van der Waals surface area contributed by atoms with Crippen LogP contribution in [0.15, 0.2) is 0 Å². The van der Waals surface area contributed by atoms with Crippen molar-refractivity contribution in [3.8, 4) is 0 Å². The van der Waals surface area contributed by atoms with Crippen LogP contribution in [0.1, 0.15) is 47.5 Å². The predicted molar refractivity (Wildman–Crippen MR) is 58.7 cm³/mol. The standard InChI is InChI=1S/C12H20O4/c1-6-11(2,3)10(14)15-8-7-9(13)16-12(8,4)5/h8H,6-7H2,1-5H3. The number of hydrogen-bond acceptors (Lipinski definition) is 4. The molecule has 0 saturated carbocycles. The van der Waals surface area contributed by atoms with Crippen molar-refractivity contribution >= 4 is 11.9 Å². The SMILES string of the molecule is CCC(C)(C)C(=O)OC1CC(=O)OC1(C)C. The molecule has 0 radical (unpaired) electrons. The Hall–Kier alpha value is -1.06. The summed E-state index contributed by atoms with van der Waals surface area (Å²) in [5.74, 6) is -0.580. The minimum absolute atomic E-state index is 0.151. The number of carbonyl (C=O) groups excluding carboxylic acids is 2. The van der Waals surface area contributed by atoms with E-state index in [1.807, 2.05) is 20.8 Å². The summed E-state index contributed by atoms with van der Waals surface area (Å²) in [4.78, 5) is 23.0. The van der Waals surface area contributed by atoms with Crippen molar-refractivity contribution in [3.63, 3.8) is 0 Å². The van der Waals surface area contributed by atoms with Gasteiger partial charge in [-0.2, -0.15) is 0 Å². The molecule has 1 atom stereocenters. The largest absolute Gasteiger partial charge is 0.457 e. The molecule has 4 nitrogen and oxygen atoms in total. The van der Waals surface area contributed by atoms with E-state index in [1.54, 1.807) is 13.8 Å². The Bertz CT molecular complexity index is 304. The third-order valence-electron chi connectivity index (χ3n) is 3.19. The summed E-state index contributed by atoms with van der Waals surface area (Å²) < 4.78 is 10.5. The number of rotatable bonds is 3. The number of esters is 2. The fraction of sp³-hybridized carbons (Fsp3) is 0.833. The second kappa shape index (κ2) is 4.07. The van der Waals surface area contributed by atoms with Gasteiger partial charge < -0.3 is 9.47 Å². The molecule has 1 fully saturated rings. The summed E-state index contributed by atoms with van der Waals surface area (Å²) in [6.07, 6.45) is 0.380. The molecule has 0 spiro atoms. The Morgan fingerprint density at radius 2 is 2.12 bits per heavy atom. The average molecular weight is 228 g/mol. The molecule has 0 aromatic rings. The fourth-order valence-electron chi connectivity index (χ4n) is 1.41. The van der Waals surface area contributed by atoms with Gasteiger partial charge in [-0.1, -0.05) is 6.92 Å². The summed E-state index contributed by atoms with van der Waals surface area (Å²) >= 11 is 0. The van der Waals surface area contributed by atoms with Crippen LogP contribution in [0.3, 0.4) is 0 Å². The Morgan fingerprint density at radius 3 is 2.50 bits per heavy atom. The Labute approximate surface area is 96.3 Å². The van der Waals surface area contributed by atoms with E-state index in [1.165, 1.54) is 0 Å². The van der Waals surface area contributed by atoms with Crippen LogP contribution in [-0.2, 0) is 19.1 Å². The van der Waals surface area contributed by atoms with Crippen LogP contribution >= 0.6 is 0 Å². The van der Waals surface area contributed by atoms with Gasteiger partial charge in [-0.15, -0.1) is 0 Å². The van der Waals surface area contributed by atoms with Crippen LogP contribution in [-0.4, -0.2) is 23.6 Å². The normalized spacial score (nSPS) is 24.1. The van der Waals surface area contributed by atoms with Gasteiger partial charge in [0.05, 0.1) is 11.8 Å². The lowest BCUT2D eigenvalue weighted by Crippen LogP contribution is -2.39. The first-order chi connectivity index (χ1) is 7.19. The van der Waals surface area contributed by atoms with Crippen LogP contribution in [0.25, 0.3) is 0 Å². The molecule has 1 unspecified atom stereocenters. The lowest BCUT2D eigenvalue weighted by molar-refractivity contribution is -0.168. The van der Waals surface area contributed by atoms with E-state index < -0.39 is 17.1 Å². The number of cyclic esters (lactones) is 1. The van der Waals surface area contributed by atoms with E-state index in [9.17, 15) is 9.59 Å². The minimum Gasteiger partial charge on any atom is -0.457 e. The Morgan fingerprint density at radius 1 is 1.56 bits per heavy atom. The Kier molecular flexibility index (Phi) is 3.31. The molecule has 0 amide bonds. The zero-order valence-electron chi connectivity index (χ0n) is 10.6. The first kappa shape index (κ1) is 13.0. The molecule has 0 aromatic heterocycles. The zero-order chi connectivity index (χ0) is 12.6. The maximum atomic E-state index is 11.9. The lowest BCUT2D eigenvalue weighted by atomic mass is 9.90. The lowest BCUT2D eigenvalue weighted by Gasteiger charge is -2.28. The van der Waals surface area contributed by atoms with E-state index in [2.05, 4.69) is 0 Å². The first-order valence-corrected chi connectivity index (χ1v) is 5.62. The smallest absolute Gasteiger partial charge is 0.311 e. The maximum absolute atomic E-state index is 11.9. The quantitative estimate of drug-likeness (QED) is 0.694. The van der Waals surface area contributed by atoms with Gasteiger partial charge >= 0.3 is 11.9 Å². The summed E-state index contributed by atoms with van der Waals surface area (Å²) in [5, 5.41) is 0. The van der Waals surface area contributed by atoms with Crippen LogP contribution in [0.5, 0.6) is 0 Å². The monoisotopic (exact) mass is 228 g/mol. The number of carbonyl (C=O) groups is 2. The van der Waals surface area contributed by atoms with Gasteiger partial charge in [0, 0.05) is 0 Å². The summed E-state index contributed by atoms with van der Waals surface area (Å²) in [6.45, 7) is 9.12. The Balaban J connectivity index is 2.69. The molecule has 0 aromatic carbocycles. The van der Waals surface area contributed by atoms with Crippen molar-refractivity contribution in [2.45, 2.75) is 59.2 Å². The molecule has 16 heavy (non-hydrogen) atoms. The van der Waals surface area contributed by atoms with E-state index in [4.69, 9.17) is 9.47 Å². The second-order valence-electron chi connectivity index (χ2n) is 5.41. The molecule has 0 bridgehead atoms. The zero-order valence-corrected chi connectivity index (χ0v) is 10.6. The highest BCUT2D eigenvalue weighted by atomic mass is 16.6. The van der Waals surface area contributed by atoms with Gasteiger partial charge in [0.1, 0.15) is 5.60 Å². The molecule has 1 heterocycles. The fourth-order valence-corrected chi connectivity index (χ4v) is 1.41. The highest BCUT2D eigenvalue weighted by Crippen LogP contribution is 2.31. The molecule has 1 saturated heterocycles. The number of hydrogen-bond donors (Lipinski definition) is 0. The average Bonchev–Trinajstić information content (AvgIpc) is 2.39. The third-order valence-corrected chi connectivity index (χ3v) is 3.19. The predicted octanol–water partition coefficient (Wildman–Crippen LogP) is 2.06. The van der Waals surface area contributed by atoms with Crippen molar-refractivity contribution in [2.75, 3.05) is 0 Å². The van der Waals surface area contributed by atoms with Crippen LogP contribution in [0, 0.1) is 5.41 Å². The van der Waals surface area contributed by atoms with E-state index in [0.29, 0.717) is 6.42 Å². The highest BCUT2D eigenvalue weighted by Gasteiger charge is 2.45. The maximum Gasteiger partial charge on any atom is 0.311 e. The molecule has 0 N–H and O–H groups in total. The van der Waals surface area contributed by atoms with Gasteiger partial charge in [0.2, 0.25) is 0 Å². The molecule has 4 heteroatoms. The van der Waals surface area contributed by atoms with Gasteiger partial charge in [-0.25, -0.2) is 0 Å². The van der Waals surface area contributed by atoms with E-state index in [0.717, 1.165) is 0 Å². The van der Waals surface area contributed by atoms with Crippen molar-refractivity contribution in [1.82, 2.24) is 0 Å². The van der Waals surface area contributed by atoms with Gasteiger partial charge in [-0.05, 0) is 34.1 Å². The van der Waals surface area contributed by atoms with Gasteiger partial charge in [-0.3, -0.25) is 9.59 Å². The van der Waals surface area contributed by atoms with Crippen LogP contribution in [0.4, 0.5) is 0 Å². The van der Waals surface area contributed by atoms with Crippen molar-refractivity contribution in [1.29, 1.82) is 0 Å². The van der Waals surface area contributed by atoms with Crippen molar-refractivity contribution < 1.29 is 19.1 Å². The molecule has 1 aliphatic rings. The van der Waals surface area contributed by atoms with E-state index in [-0.39, 0.29) is 18.4 Å². The van der Waals surface area contributed by atoms with Crippen LogP contribution in [0.2, 0.25) is 0 Å². The molecule has 0 aliphatic carbocycles. The molecule has 1 rings (SSSR count). The van der Waals surface area contributed by atoms with Crippen molar-refractivity contribution in [3.05, 3.63) is 0 Å². The highest BCUT2D eigenvalue weighted by molar-refractivity contribution is 5.78.